The van der Waals surface area contributed by atoms with E-state index in [1.54, 1.807) is 0 Å². The van der Waals surface area contributed by atoms with E-state index in [0.29, 0.717) is 0 Å². The zero-order chi connectivity index (χ0) is 15.6. The highest BCUT2D eigenvalue weighted by atomic mass is 16.4. The fourth-order valence-corrected chi connectivity index (χ4v) is 3.32. The van der Waals surface area contributed by atoms with E-state index in [9.17, 15) is 5.21 Å². The molecule has 1 aliphatic heterocycles. The second kappa shape index (κ2) is 5.93. The van der Waals surface area contributed by atoms with Crippen molar-refractivity contribution < 1.29 is 5.21 Å². The monoisotopic (exact) mass is 294 g/mol. The molecule has 114 valence electrons. The molecule has 22 heavy (non-hydrogen) atoms. The lowest BCUT2D eigenvalue weighted by molar-refractivity contribution is 0.245. The Balaban J connectivity index is 1.99. The van der Waals surface area contributed by atoms with Gasteiger partial charge in [0.2, 0.25) is 0 Å². The Hall–Kier alpha value is -2.13. The summed E-state index contributed by atoms with van der Waals surface area (Å²) in [4.78, 5) is 0. The van der Waals surface area contributed by atoms with E-state index < -0.39 is 0 Å². The quantitative estimate of drug-likeness (QED) is 0.640. The Labute approximate surface area is 131 Å². The Morgan fingerprint density at radius 2 is 1.50 bits per heavy atom. The number of nitrogens with one attached hydrogen (secondary N) is 1. The third-order valence-corrected chi connectivity index (χ3v) is 4.69. The van der Waals surface area contributed by atoms with Gasteiger partial charge in [0.25, 0.3) is 0 Å². The zero-order valence-corrected chi connectivity index (χ0v) is 13.0. The van der Waals surface area contributed by atoms with Gasteiger partial charge >= 0.3 is 0 Å². The van der Waals surface area contributed by atoms with Crippen LogP contribution in [0.25, 0.3) is 0 Å². The van der Waals surface area contributed by atoms with Crippen LogP contribution in [0.1, 0.15) is 43.5 Å². The Bertz CT molecular complexity index is 650. The van der Waals surface area contributed by atoms with E-state index in [1.807, 2.05) is 24.3 Å². The average molecular weight is 294 g/mol. The molecule has 0 saturated carbocycles. The molecule has 1 saturated heterocycles. The number of hydrogen-bond donors (Lipinski definition) is 2. The fourth-order valence-electron chi connectivity index (χ4n) is 3.32. The third-order valence-electron chi connectivity index (χ3n) is 4.69. The first-order chi connectivity index (χ1) is 10.6. The van der Waals surface area contributed by atoms with Crippen molar-refractivity contribution in [1.82, 2.24) is 5.32 Å². The highest BCUT2D eigenvalue weighted by Crippen LogP contribution is 2.43. The van der Waals surface area contributed by atoms with Gasteiger partial charge in [0.15, 0.2) is 0 Å². The van der Waals surface area contributed by atoms with Crippen molar-refractivity contribution in [3.05, 3.63) is 71.8 Å². The van der Waals surface area contributed by atoms with Crippen molar-refractivity contribution in [1.29, 1.82) is 0 Å². The first-order valence-corrected chi connectivity index (χ1v) is 7.70. The molecular formula is C19H22N2O. The van der Waals surface area contributed by atoms with Gasteiger partial charge in [-0.15, -0.1) is 0 Å². The van der Waals surface area contributed by atoms with Crippen LogP contribution in [0.15, 0.2) is 65.8 Å². The number of hydrogen-bond acceptors (Lipinski definition) is 3. The van der Waals surface area contributed by atoms with Crippen LogP contribution in [0.5, 0.6) is 0 Å². The number of nitrogens with zero attached hydrogens (tertiary/aromatic N) is 1. The van der Waals surface area contributed by atoms with Gasteiger partial charge in [-0.2, -0.15) is 0 Å². The molecule has 2 aromatic carbocycles. The van der Waals surface area contributed by atoms with Crippen molar-refractivity contribution in [3.63, 3.8) is 0 Å². The molecule has 1 fully saturated rings. The summed E-state index contributed by atoms with van der Waals surface area (Å²) >= 11 is 0. The average Bonchev–Trinajstić information content (AvgIpc) is 2.56. The summed E-state index contributed by atoms with van der Waals surface area (Å²) in [5.41, 5.74) is 3.05. The largest absolute Gasteiger partial charge is 0.411 e. The number of piperidine rings is 1. The van der Waals surface area contributed by atoms with Crippen molar-refractivity contribution in [2.24, 2.45) is 10.6 Å². The van der Waals surface area contributed by atoms with Gasteiger partial charge in [-0.25, -0.2) is 0 Å². The topological polar surface area (TPSA) is 44.6 Å². The molecule has 0 aromatic heterocycles. The molecule has 3 rings (SSSR count). The van der Waals surface area contributed by atoms with E-state index in [4.69, 9.17) is 0 Å². The molecule has 2 unspecified atom stereocenters. The summed E-state index contributed by atoms with van der Waals surface area (Å²) in [5.74, 6) is 0. The maximum absolute atomic E-state index is 9.52. The summed E-state index contributed by atoms with van der Waals surface area (Å²) < 4.78 is 0. The van der Waals surface area contributed by atoms with Crippen LogP contribution in [-0.2, 0) is 0 Å². The van der Waals surface area contributed by atoms with E-state index in [2.05, 4.69) is 60.7 Å². The van der Waals surface area contributed by atoms with Crippen LogP contribution in [0.4, 0.5) is 0 Å². The molecular weight excluding hydrogens is 272 g/mol. The number of benzene rings is 2. The predicted molar refractivity (Wildman–Crippen MR) is 89.1 cm³/mol. The van der Waals surface area contributed by atoms with Crippen LogP contribution in [0.3, 0.4) is 0 Å². The standard InChI is InChI=1S/C19H22N2O/c1-19(2)17(21-22)13-16(14-9-5-3-6-10-14)20-18(19)15-11-7-4-8-12-15/h3-12,16,18,20,22H,13H2,1-2H3/b21-17-. The molecule has 1 aliphatic rings. The van der Waals surface area contributed by atoms with E-state index in [-0.39, 0.29) is 17.5 Å². The Kier molecular flexibility index (Phi) is 3.99. The molecule has 0 spiro atoms. The first-order valence-electron chi connectivity index (χ1n) is 7.70. The summed E-state index contributed by atoms with van der Waals surface area (Å²) in [5, 5.41) is 16.9. The molecule has 2 aromatic rings. The van der Waals surface area contributed by atoms with Crippen molar-refractivity contribution in [3.8, 4) is 0 Å². The molecule has 3 nitrogen and oxygen atoms in total. The van der Waals surface area contributed by atoms with E-state index >= 15 is 0 Å². The van der Waals surface area contributed by atoms with Crippen molar-refractivity contribution in [2.75, 3.05) is 0 Å². The summed E-state index contributed by atoms with van der Waals surface area (Å²) in [6.07, 6.45) is 0.719. The van der Waals surface area contributed by atoms with E-state index in [0.717, 1.165) is 12.1 Å². The lowest BCUT2D eigenvalue weighted by atomic mass is 9.70. The second-order valence-electron chi connectivity index (χ2n) is 6.45. The molecule has 0 aliphatic carbocycles. The maximum Gasteiger partial charge on any atom is 0.0664 e. The lowest BCUT2D eigenvalue weighted by Crippen LogP contribution is -2.47. The van der Waals surface area contributed by atoms with Gasteiger partial charge in [0.05, 0.1) is 5.71 Å². The van der Waals surface area contributed by atoms with Gasteiger partial charge in [-0.3, -0.25) is 0 Å². The summed E-state index contributed by atoms with van der Waals surface area (Å²) in [7, 11) is 0. The number of oxime groups is 1. The normalized spacial score (nSPS) is 26.0. The van der Waals surface area contributed by atoms with Crippen LogP contribution >= 0.6 is 0 Å². The maximum atomic E-state index is 9.52. The minimum absolute atomic E-state index is 0.110. The highest BCUT2D eigenvalue weighted by molar-refractivity contribution is 5.91. The predicted octanol–water partition coefficient (Wildman–Crippen LogP) is 4.32. The lowest BCUT2D eigenvalue weighted by Gasteiger charge is -2.44. The minimum Gasteiger partial charge on any atom is -0.411 e. The molecule has 0 radical (unpaired) electrons. The SMILES string of the molecule is CC1(C)/C(=N\O)CC(c2ccccc2)NC1c1ccccc1. The first kappa shape index (κ1) is 14.8. The van der Waals surface area contributed by atoms with Gasteiger partial charge in [0.1, 0.15) is 0 Å². The second-order valence-corrected chi connectivity index (χ2v) is 6.45. The number of rotatable bonds is 2. The molecule has 0 bridgehead atoms. The van der Waals surface area contributed by atoms with Crippen molar-refractivity contribution in [2.45, 2.75) is 32.4 Å². The smallest absolute Gasteiger partial charge is 0.0664 e. The molecule has 2 N–H and O–H groups in total. The third kappa shape index (κ3) is 2.64. The fraction of sp³-hybridized carbons (Fsp3) is 0.316. The Morgan fingerprint density at radius 1 is 0.955 bits per heavy atom. The van der Waals surface area contributed by atoms with Gasteiger partial charge in [-0.05, 0) is 11.1 Å². The van der Waals surface area contributed by atoms with Gasteiger partial charge in [0, 0.05) is 23.9 Å². The molecule has 0 amide bonds. The molecule has 1 heterocycles. The van der Waals surface area contributed by atoms with Crippen LogP contribution in [0.2, 0.25) is 0 Å². The van der Waals surface area contributed by atoms with Crippen LogP contribution in [-0.4, -0.2) is 10.9 Å². The van der Waals surface area contributed by atoms with Crippen molar-refractivity contribution >= 4 is 5.71 Å². The summed E-state index contributed by atoms with van der Waals surface area (Å²) in [6.45, 7) is 4.27. The van der Waals surface area contributed by atoms with Gasteiger partial charge in [-0.1, -0.05) is 79.7 Å². The highest BCUT2D eigenvalue weighted by Gasteiger charge is 2.42. The van der Waals surface area contributed by atoms with Gasteiger partial charge < -0.3 is 10.5 Å². The molecule has 3 heteroatoms. The van der Waals surface area contributed by atoms with E-state index in [1.165, 1.54) is 11.1 Å². The zero-order valence-electron chi connectivity index (χ0n) is 13.0. The minimum atomic E-state index is -0.235. The Morgan fingerprint density at radius 3 is 2.05 bits per heavy atom. The van der Waals surface area contributed by atoms with Crippen LogP contribution in [0, 0.1) is 5.41 Å². The molecule has 2 atom stereocenters. The summed E-state index contributed by atoms with van der Waals surface area (Å²) in [6, 6.07) is 21.0. The van der Waals surface area contributed by atoms with Crippen LogP contribution < -0.4 is 5.32 Å².